The lowest BCUT2D eigenvalue weighted by atomic mass is 10.2. The molecular formula is C19H31P2+. The summed E-state index contributed by atoms with van der Waals surface area (Å²) in [7, 11) is -0.923. The Morgan fingerprint density at radius 1 is 0.857 bits per heavy atom. The minimum atomic E-state index is -0.981. The molecule has 2 aliphatic rings. The van der Waals surface area contributed by atoms with E-state index >= 15 is 0 Å². The van der Waals surface area contributed by atoms with Gasteiger partial charge in [-0.2, -0.15) is 0 Å². The molecule has 0 spiro atoms. The number of benzene rings is 1. The van der Waals surface area contributed by atoms with Crippen molar-refractivity contribution in [3.8, 4) is 0 Å². The van der Waals surface area contributed by atoms with E-state index in [0.29, 0.717) is 0 Å². The van der Waals surface area contributed by atoms with Crippen LogP contribution in [0.15, 0.2) is 24.3 Å². The van der Waals surface area contributed by atoms with Gasteiger partial charge in [0.25, 0.3) is 0 Å². The molecule has 2 heteroatoms. The van der Waals surface area contributed by atoms with E-state index in [9.17, 15) is 0 Å². The normalized spacial score (nSPS) is 36.2. The van der Waals surface area contributed by atoms with Crippen LogP contribution >= 0.6 is 15.2 Å². The predicted octanol–water partition coefficient (Wildman–Crippen LogP) is 5.21. The monoisotopic (exact) mass is 321 g/mol. The molecule has 2 saturated heterocycles. The van der Waals surface area contributed by atoms with Gasteiger partial charge in [0, 0.05) is 5.30 Å². The van der Waals surface area contributed by atoms with Crippen LogP contribution in [0.4, 0.5) is 0 Å². The lowest BCUT2D eigenvalue weighted by Crippen LogP contribution is -2.33. The van der Waals surface area contributed by atoms with Crippen molar-refractivity contribution in [1.82, 2.24) is 0 Å². The molecule has 0 radical (unpaired) electrons. The lowest BCUT2D eigenvalue weighted by Gasteiger charge is -2.32. The van der Waals surface area contributed by atoms with Crippen molar-refractivity contribution >= 4 is 25.8 Å². The fraction of sp³-hybridized carbons (Fsp3) is 0.684. The highest BCUT2D eigenvalue weighted by Crippen LogP contribution is 2.70. The Bertz CT molecular complexity index is 490. The quantitative estimate of drug-likeness (QED) is 0.656. The summed E-state index contributed by atoms with van der Waals surface area (Å²) in [4.78, 5) is 0. The zero-order chi connectivity index (χ0) is 15.2. The molecule has 0 aliphatic carbocycles. The molecular weight excluding hydrogens is 290 g/mol. The maximum Gasteiger partial charge on any atom is 0.102 e. The van der Waals surface area contributed by atoms with Crippen LogP contribution in [-0.4, -0.2) is 29.3 Å². The first-order valence-electron chi connectivity index (χ1n) is 8.70. The van der Waals surface area contributed by atoms with E-state index in [0.717, 1.165) is 22.6 Å². The Morgan fingerprint density at radius 3 is 1.95 bits per heavy atom. The Kier molecular flexibility index (Phi) is 4.51. The van der Waals surface area contributed by atoms with E-state index in [2.05, 4.69) is 58.6 Å². The molecule has 0 N–H and O–H groups in total. The van der Waals surface area contributed by atoms with Crippen LogP contribution in [0, 0.1) is 0 Å². The van der Waals surface area contributed by atoms with Gasteiger partial charge in [0.1, 0.15) is 5.30 Å². The SMILES string of the molecule is C[C@@H]1CC[C@@H](C)P1c1ccccc1[P+]1(C)[C@H](C)CC[C@H]1C. The average molecular weight is 321 g/mol. The standard InChI is InChI=1S/C19H31P2/c1-14-10-11-15(2)20(14)18-8-6-7-9-19(18)21(5)16(3)12-13-17(21)4/h6-9,14-17H,10-13H2,1-5H3/q+1/t14-,15-,16-,17-/m1/s1. The number of hydrogen-bond acceptors (Lipinski definition) is 0. The summed E-state index contributed by atoms with van der Waals surface area (Å²) < 4.78 is 0. The van der Waals surface area contributed by atoms with Crippen molar-refractivity contribution in [3.05, 3.63) is 24.3 Å². The summed E-state index contributed by atoms with van der Waals surface area (Å²) >= 11 is 0. The van der Waals surface area contributed by atoms with Gasteiger partial charge in [-0.05, 0) is 56.9 Å². The topological polar surface area (TPSA) is 0 Å². The first kappa shape index (κ1) is 16.0. The predicted molar refractivity (Wildman–Crippen MR) is 102 cm³/mol. The molecule has 4 atom stereocenters. The van der Waals surface area contributed by atoms with Crippen molar-refractivity contribution in [2.45, 2.75) is 76.0 Å². The molecule has 1 aromatic carbocycles. The summed E-state index contributed by atoms with van der Waals surface area (Å²) in [5.74, 6) is 0. The molecule has 0 unspecified atom stereocenters. The van der Waals surface area contributed by atoms with Gasteiger partial charge in [-0.15, -0.1) is 0 Å². The summed E-state index contributed by atoms with van der Waals surface area (Å²) in [6, 6.07) is 9.63. The fourth-order valence-corrected chi connectivity index (χ4v) is 13.1. The summed E-state index contributed by atoms with van der Waals surface area (Å²) in [6.45, 7) is 12.7. The molecule has 2 aliphatic heterocycles. The zero-order valence-corrected chi connectivity index (χ0v) is 16.1. The first-order valence-corrected chi connectivity index (χ1v) is 12.6. The van der Waals surface area contributed by atoms with E-state index in [4.69, 9.17) is 0 Å². The summed E-state index contributed by atoms with van der Waals surface area (Å²) in [5.41, 5.74) is 3.71. The van der Waals surface area contributed by atoms with E-state index in [-0.39, 0.29) is 7.92 Å². The van der Waals surface area contributed by atoms with Crippen LogP contribution in [0.5, 0.6) is 0 Å². The van der Waals surface area contributed by atoms with E-state index in [1.807, 2.05) is 5.30 Å². The van der Waals surface area contributed by atoms with E-state index in [1.165, 1.54) is 25.7 Å². The third kappa shape index (κ3) is 2.52. The highest BCUT2D eigenvalue weighted by molar-refractivity contribution is 7.85. The van der Waals surface area contributed by atoms with Crippen molar-refractivity contribution in [3.63, 3.8) is 0 Å². The molecule has 0 aromatic heterocycles. The van der Waals surface area contributed by atoms with E-state index in [1.54, 1.807) is 5.30 Å². The average Bonchev–Trinajstić information content (AvgIpc) is 2.94. The highest BCUT2D eigenvalue weighted by atomic mass is 31.2. The van der Waals surface area contributed by atoms with Crippen molar-refractivity contribution in [2.75, 3.05) is 6.66 Å². The van der Waals surface area contributed by atoms with Gasteiger partial charge >= 0.3 is 0 Å². The fourth-order valence-electron chi connectivity index (χ4n) is 4.69. The van der Waals surface area contributed by atoms with Gasteiger partial charge < -0.3 is 0 Å². The first-order chi connectivity index (χ1) is 9.96. The van der Waals surface area contributed by atoms with E-state index < -0.39 is 7.26 Å². The molecule has 21 heavy (non-hydrogen) atoms. The van der Waals surface area contributed by atoms with Crippen LogP contribution in [0.3, 0.4) is 0 Å². The minimum Gasteiger partial charge on any atom is -0.0652 e. The van der Waals surface area contributed by atoms with Crippen LogP contribution in [0.25, 0.3) is 0 Å². The summed E-state index contributed by atoms with van der Waals surface area (Å²) in [5, 5.41) is 3.61. The van der Waals surface area contributed by atoms with Gasteiger partial charge in [0.15, 0.2) is 0 Å². The smallest absolute Gasteiger partial charge is 0.0652 e. The van der Waals surface area contributed by atoms with Crippen LogP contribution < -0.4 is 10.6 Å². The van der Waals surface area contributed by atoms with Gasteiger partial charge in [-0.1, -0.05) is 40.0 Å². The van der Waals surface area contributed by atoms with Crippen LogP contribution in [0.1, 0.15) is 53.4 Å². The lowest BCUT2D eigenvalue weighted by molar-refractivity contribution is 0.777. The van der Waals surface area contributed by atoms with Gasteiger partial charge in [0.2, 0.25) is 0 Å². The summed E-state index contributed by atoms with van der Waals surface area (Å²) in [6.07, 6.45) is 5.79. The van der Waals surface area contributed by atoms with Gasteiger partial charge in [-0.3, -0.25) is 0 Å². The highest BCUT2D eigenvalue weighted by Gasteiger charge is 2.52. The van der Waals surface area contributed by atoms with Crippen molar-refractivity contribution < 1.29 is 0 Å². The van der Waals surface area contributed by atoms with Gasteiger partial charge in [-0.25, -0.2) is 0 Å². The Morgan fingerprint density at radius 2 is 1.38 bits per heavy atom. The van der Waals surface area contributed by atoms with Crippen molar-refractivity contribution in [2.24, 2.45) is 0 Å². The molecule has 0 bridgehead atoms. The van der Waals surface area contributed by atoms with Crippen molar-refractivity contribution in [1.29, 1.82) is 0 Å². The minimum absolute atomic E-state index is 0.0583. The van der Waals surface area contributed by atoms with Crippen LogP contribution in [0.2, 0.25) is 0 Å². The Labute approximate surface area is 133 Å². The Balaban J connectivity index is 2.08. The Hall–Kier alpha value is 0.0800. The second-order valence-corrected chi connectivity index (χ2v) is 15.2. The molecule has 3 rings (SSSR count). The molecule has 0 nitrogen and oxygen atoms in total. The van der Waals surface area contributed by atoms with Crippen LogP contribution in [-0.2, 0) is 0 Å². The molecule has 1 aromatic rings. The molecule has 2 heterocycles. The number of hydrogen-bond donors (Lipinski definition) is 0. The third-order valence-electron chi connectivity index (χ3n) is 6.46. The van der Waals surface area contributed by atoms with Gasteiger partial charge in [0.05, 0.1) is 25.2 Å². The second-order valence-electron chi connectivity index (χ2n) is 7.59. The molecule has 2 fully saturated rings. The maximum atomic E-state index is 2.66. The molecule has 0 amide bonds. The molecule has 116 valence electrons. The third-order valence-corrected chi connectivity index (χ3v) is 15.6. The zero-order valence-electron chi connectivity index (χ0n) is 14.3. The second kappa shape index (κ2) is 5.94. The molecule has 0 saturated carbocycles. The largest absolute Gasteiger partial charge is 0.102 e. The maximum absolute atomic E-state index is 2.66. The number of rotatable bonds is 2.